The third-order valence-electron chi connectivity index (χ3n) is 2.86. The average molecular weight is 244 g/mol. The van der Waals surface area contributed by atoms with Gasteiger partial charge in [0, 0.05) is 0 Å². The summed E-state index contributed by atoms with van der Waals surface area (Å²) in [4.78, 5) is 21.8. The van der Waals surface area contributed by atoms with Gasteiger partial charge in [-0.2, -0.15) is 0 Å². The van der Waals surface area contributed by atoms with E-state index < -0.39 is 17.4 Å². The van der Waals surface area contributed by atoms with Gasteiger partial charge in [0.05, 0.1) is 0 Å². The summed E-state index contributed by atoms with van der Waals surface area (Å²) < 4.78 is 0. The van der Waals surface area contributed by atoms with E-state index >= 15 is 0 Å². The molecule has 5 heteroatoms. The summed E-state index contributed by atoms with van der Waals surface area (Å²) in [5.41, 5.74) is -1.66. The molecule has 0 radical (unpaired) electrons. The van der Waals surface area contributed by atoms with Crippen LogP contribution < -0.4 is 0 Å². The van der Waals surface area contributed by atoms with Crippen molar-refractivity contribution in [3.8, 4) is 0 Å². The first-order valence-corrected chi connectivity index (χ1v) is 4.84. The fourth-order valence-corrected chi connectivity index (χ4v) is 1.31. The van der Waals surface area contributed by atoms with Gasteiger partial charge in [-0.15, -0.1) is 0 Å². The van der Waals surface area contributed by atoms with E-state index in [1.807, 2.05) is 6.92 Å². The molecule has 1 unspecified atom stereocenters. The number of unbranched alkanes of at least 4 members (excludes halogenated alkanes) is 1. The Kier molecular flexibility index (Phi) is 8.76. The second-order valence-corrected chi connectivity index (χ2v) is 3.86. The summed E-state index contributed by atoms with van der Waals surface area (Å²) in [7, 11) is 0. The van der Waals surface area contributed by atoms with Crippen LogP contribution in [0.1, 0.15) is 40.0 Å². The molecule has 0 rings (SSSR count). The molecule has 0 aromatic heterocycles. The van der Waals surface area contributed by atoms with Crippen LogP contribution in [0.15, 0.2) is 0 Å². The van der Waals surface area contributed by atoms with Crippen LogP contribution in [0.2, 0.25) is 0 Å². The average Bonchev–Trinajstić information content (AvgIpc) is 2.11. The fraction of sp³-hybridized carbons (Fsp3) is 0.800. The molecular weight excluding hydrogens is 224 g/mol. The standard InChI is InChI=1S/C10H18O4.Ca.2H/c1-4-5-6-7(2)10(3,8(11)12)9(13)14;;;/h7H,4-6H2,1-3H3,(H,11,12)(H,13,14);;;. The van der Waals surface area contributed by atoms with Crippen LogP contribution in [0, 0.1) is 11.3 Å². The Balaban J connectivity index is 0. The SMILES string of the molecule is CCCCC(C)C(C)(C(=O)O)C(=O)O.[CaH2]. The van der Waals surface area contributed by atoms with E-state index in [2.05, 4.69) is 0 Å². The van der Waals surface area contributed by atoms with Crippen LogP contribution >= 0.6 is 0 Å². The van der Waals surface area contributed by atoms with E-state index in [9.17, 15) is 9.59 Å². The van der Waals surface area contributed by atoms with E-state index in [1.54, 1.807) is 6.92 Å². The Labute approximate surface area is 120 Å². The molecule has 2 N–H and O–H groups in total. The first kappa shape index (κ1) is 17.6. The van der Waals surface area contributed by atoms with Crippen molar-refractivity contribution in [3.05, 3.63) is 0 Å². The van der Waals surface area contributed by atoms with Crippen molar-refractivity contribution in [1.29, 1.82) is 0 Å². The van der Waals surface area contributed by atoms with Crippen LogP contribution in [0.3, 0.4) is 0 Å². The van der Waals surface area contributed by atoms with E-state index in [4.69, 9.17) is 10.2 Å². The van der Waals surface area contributed by atoms with E-state index in [0.717, 1.165) is 12.8 Å². The molecule has 15 heavy (non-hydrogen) atoms. The molecule has 0 fully saturated rings. The summed E-state index contributed by atoms with van der Waals surface area (Å²) in [6.45, 7) is 4.95. The molecule has 0 heterocycles. The number of hydrogen-bond acceptors (Lipinski definition) is 2. The van der Waals surface area contributed by atoms with Crippen LogP contribution in [0.25, 0.3) is 0 Å². The number of hydrogen-bond donors (Lipinski definition) is 2. The molecule has 0 bridgehead atoms. The van der Waals surface area contributed by atoms with Crippen molar-refractivity contribution in [2.24, 2.45) is 11.3 Å². The first-order valence-electron chi connectivity index (χ1n) is 4.84. The summed E-state index contributed by atoms with van der Waals surface area (Å²) in [6, 6.07) is 0. The molecule has 0 spiro atoms. The fourth-order valence-electron chi connectivity index (χ4n) is 1.31. The number of carboxylic acid groups (broad SMARTS) is 2. The third kappa shape index (κ3) is 4.29. The molecule has 4 nitrogen and oxygen atoms in total. The summed E-state index contributed by atoms with van der Waals surface area (Å²) in [6.07, 6.45) is 2.43. The first-order chi connectivity index (χ1) is 6.37. The number of rotatable bonds is 6. The number of carboxylic acids is 2. The maximum absolute atomic E-state index is 10.9. The van der Waals surface area contributed by atoms with Gasteiger partial charge in [-0.1, -0.05) is 26.7 Å². The zero-order chi connectivity index (χ0) is 11.4. The topological polar surface area (TPSA) is 74.6 Å². The second kappa shape index (κ2) is 7.47. The van der Waals surface area contributed by atoms with Gasteiger partial charge in [0.1, 0.15) is 0 Å². The Morgan fingerprint density at radius 3 is 1.93 bits per heavy atom. The Morgan fingerprint density at radius 2 is 1.67 bits per heavy atom. The molecule has 0 saturated carbocycles. The van der Waals surface area contributed by atoms with Crippen LogP contribution in [0.5, 0.6) is 0 Å². The monoisotopic (exact) mass is 244 g/mol. The maximum atomic E-state index is 10.9. The molecule has 0 saturated heterocycles. The number of aliphatic carboxylic acids is 2. The van der Waals surface area contributed by atoms with Gasteiger partial charge in [0.2, 0.25) is 0 Å². The molecule has 86 valence electrons. The predicted octanol–water partition coefficient (Wildman–Crippen LogP) is 1.07. The predicted molar refractivity (Wildman–Crippen MR) is 60.6 cm³/mol. The molecule has 0 aliphatic heterocycles. The molecule has 0 aromatic carbocycles. The van der Waals surface area contributed by atoms with E-state index in [0.29, 0.717) is 6.42 Å². The Morgan fingerprint density at radius 1 is 1.27 bits per heavy atom. The van der Waals surface area contributed by atoms with Crippen LogP contribution in [0.4, 0.5) is 0 Å². The minimum absolute atomic E-state index is 0. The second-order valence-electron chi connectivity index (χ2n) is 3.86. The van der Waals surface area contributed by atoms with Gasteiger partial charge in [-0.3, -0.25) is 9.59 Å². The van der Waals surface area contributed by atoms with Crippen molar-refractivity contribution < 1.29 is 19.8 Å². The van der Waals surface area contributed by atoms with Crippen LogP contribution in [-0.2, 0) is 9.59 Å². The van der Waals surface area contributed by atoms with Crippen molar-refractivity contribution in [2.75, 3.05) is 0 Å². The van der Waals surface area contributed by atoms with Crippen molar-refractivity contribution in [3.63, 3.8) is 0 Å². The molecule has 1 atom stereocenters. The van der Waals surface area contributed by atoms with Crippen molar-refractivity contribution in [1.82, 2.24) is 0 Å². The van der Waals surface area contributed by atoms with Gasteiger partial charge in [0.25, 0.3) is 0 Å². The Bertz CT molecular complexity index is 213. The molecule has 0 amide bonds. The van der Waals surface area contributed by atoms with Gasteiger partial charge >= 0.3 is 49.7 Å². The minimum atomic E-state index is -1.66. The zero-order valence-electron chi connectivity index (χ0n) is 8.91. The van der Waals surface area contributed by atoms with Gasteiger partial charge in [-0.05, 0) is 19.3 Å². The van der Waals surface area contributed by atoms with Crippen molar-refractivity contribution in [2.45, 2.75) is 40.0 Å². The zero-order valence-corrected chi connectivity index (χ0v) is 8.91. The van der Waals surface area contributed by atoms with Crippen molar-refractivity contribution >= 4 is 49.7 Å². The molecule has 0 aliphatic rings. The Hall–Kier alpha value is 0.200. The van der Waals surface area contributed by atoms with E-state index in [1.165, 1.54) is 6.92 Å². The molecule has 0 aliphatic carbocycles. The molecule has 0 aromatic rings. The van der Waals surface area contributed by atoms with Gasteiger partial charge < -0.3 is 10.2 Å². The summed E-state index contributed by atoms with van der Waals surface area (Å²) in [5.74, 6) is -2.86. The van der Waals surface area contributed by atoms with Gasteiger partial charge in [0.15, 0.2) is 5.41 Å². The normalized spacial score (nSPS) is 12.7. The summed E-state index contributed by atoms with van der Waals surface area (Å²) in [5, 5.41) is 17.8. The van der Waals surface area contributed by atoms with Crippen LogP contribution in [-0.4, -0.2) is 59.9 Å². The van der Waals surface area contributed by atoms with E-state index in [-0.39, 0.29) is 43.7 Å². The van der Waals surface area contributed by atoms with Gasteiger partial charge in [-0.25, -0.2) is 0 Å². The molecular formula is C10H20CaO4. The quantitative estimate of drug-likeness (QED) is 0.541. The third-order valence-corrected chi connectivity index (χ3v) is 2.86. The summed E-state index contributed by atoms with van der Waals surface area (Å²) >= 11 is 0. The number of carbonyl (C=O) groups is 2.